The van der Waals surface area contributed by atoms with Crippen molar-refractivity contribution in [2.45, 2.75) is 43.9 Å². The minimum atomic E-state index is -0.323. The molecule has 0 atom stereocenters. The maximum Gasteiger partial charge on any atom is 0.338 e. The lowest BCUT2D eigenvalue weighted by Gasteiger charge is -2.29. The highest BCUT2D eigenvalue weighted by molar-refractivity contribution is 7.99. The van der Waals surface area contributed by atoms with Gasteiger partial charge in [0, 0.05) is 11.3 Å². The van der Waals surface area contributed by atoms with Gasteiger partial charge in [-0.3, -0.25) is 0 Å². The molecule has 0 unspecified atom stereocenters. The van der Waals surface area contributed by atoms with E-state index < -0.39 is 0 Å². The second kappa shape index (κ2) is 7.59. The normalized spacial score (nSPS) is 21.8. The summed E-state index contributed by atoms with van der Waals surface area (Å²) < 4.78 is 4.98. The quantitative estimate of drug-likeness (QED) is 0.643. The summed E-state index contributed by atoms with van der Waals surface area (Å²) in [6.07, 6.45) is 7.03. The number of nitrogens with one attached hydrogen (secondary N) is 1. The molecule has 0 aliphatic heterocycles. The molecule has 116 valence electrons. The largest absolute Gasteiger partial charge is 0.462 e. The number of carbonyl (C=O) groups excluding carboxylic acids is 1. The molecule has 0 radical (unpaired) electrons. The van der Waals surface area contributed by atoms with Crippen LogP contribution in [-0.2, 0) is 4.74 Å². The third-order valence-electron chi connectivity index (χ3n) is 3.93. The molecule has 0 bridgehead atoms. The van der Waals surface area contributed by atoms with Gasteiger partial charge in [-0.2, -0.15) is 11.8 Å². The Bertz CT molecular complexity index is 485. The molecule has 0 spiro atoms. The van der Waals surface area contributed by atoms with Crippen LogP contribution in [0.4, 0.5) is 11.4 Å². The zero-order valence-corrected chi connectivity index (χ0v) is 13.5. The number of benzene rings is 1. The van der Waals surface area contributed by atoms with Gasteiger partial charge in [0.25, 0.3) is 0 Å². The number of nitrogen functional groups attached to an aromatic ring is 1. The van der Waals surface area contributed by atoms with E-state index in [0.717, 1.165) is 10.9 Å². The topological polar surface area (TPSA) is 64.3 Å². The Hall–Kier alpha value is -1.36. The minimum absolute atomic E-state index is 0.323. The van der Waals surface area contributed by atoms with Gasteiger partial charge in [0.15, 0.2) is 0 Å². The van der Waals surface area contributed by atoms with Crippen molar-refractivity contribution < 1.29 is 9.53 Å². The van der Waals surface area contributed by atoms with E-state index in [4.69, 9.17) is 10.5 Å². The molecule has 1 aromatic carbocycles. The Labute approximate surface area is 130 Å². The summed E-state index contributed by atoms with van der Waals surface area (Å²) in [5.74, 6) is -0.323. The predicted octanol–water partition coefficient (Wildman–Crippen LogP) is 3.53. The Morgan fingerprint density at radius 3 is 2.67 bits per heavy atom. The molecule has 3 N–H and O–H groups in total. The minimum Gasteiger partial charge on any atom is -0.462 e. The van der Waals surface area contributed by atoms with E-state index in [1.54, 1.807) is 19.1 Å². The highest BCUT2D eigenvalue weighted by atomic mass is 32.2. The molecule has 21 heavy (non-hydrogen) atoms. The molecule has 0 heterocycles. The summed E-state index contributed by atoms with van der Waals surface area (Å²) in [5, 5.41) is 4.30. The van der Waals surface area contributed by atoms with E-state index in [0.29, 0.717) is 23.9 Å². The average molecular weight is 308 g/mol. The average Bonchev–Trinajstić information content (AvgIpc) is 2.50. The second-order valence-corrected chi connectivity index (χ2v) is 6.51. The number of nitrogens with two attached hydrogens (primary N) is 1. The Morgan fingerprint density at radius 2 is 2.10 bits per heavy atom. The summed E-state index contributed by atoms with van der Waals surface area (Å²) in [4.78, 5) is 11.7. The summed E-state index contributed by atoms with van der Waals surface area (Å²) in [6, 6.07) is 5.81. The second-order valence-electron chi connectivity index (χ2n) is 5.38. The van der Waals surface area contributed by atoms with Gasteiger partial charge in [0.05, 0.1) is 23.5 Å². The molecule has 0 aromatic heterocycles. The van der Waals surface area contributed by atoms with Gasteiger partial charge < -0.3 is 15.8 Å². The van der Waals surface area contributed by atoms with E-state index in [2.05, 4.69) is 11.6 Å². The monoisotopic (exact) mass is 308 g/mol. The maximum atomic E-state index is 11.7. The summed E-state index contributed by atoms with van der Waals surface area (Å²) in [6.45, 7) is 2.17. The van der Waals surface area contributed by atoms with E-state index in [1.165, 1.54) is 25.7 Å². The van der Waals surface area contributed by atoms with Crippen LogP contribution in [0.1, 0.15) is 43.0 Å². The van der Waals surface area contributed by atoms with Gasteiger partial charge in [-0.05, 0) is 57.1 Å². The van der Waals surface area contributed by atoms with Gasteiger partial charge in [0.1, 0.15) is 0 Å². The molecule has 1 saturated carbocycles. The molecule has 2 rings (SSSR count). The lowest BCUT2D eigenvalue weighted by molar-refractivity contribution is 0.0526. The van der Waals surface area contributed by atoms with Crippen LogP contribution in [-0.4, -0.2) is 30.1 Å². The Kier molecular flexibility index (Phi) is 5.79. The van der Waals surface area contributed by atoms with Gasteiger partial charge in [-0.15, -0.1) is 0 Å². The van der Waals surface area contributed by atoms with Crippen molar-refractivity contribution in [3.05, 3.63) is 23.8 Å². The lowest BCUT2D eigenvalue weighted by Crippen LogP contribution is -2.27. The van der Waals surface area contributed by atoms with Crippen molar-refractivity contribution in [3.8, 4) is 0 Å². The number of esters is 1. The Balaban J connectivity index is 1.97. The third-order valence-corrected chi connectivity index (χ3v) is 5.07. The van der Waals surface area contributed by atoms with Crippen LogP contribution in [0, 0.1) is 0 Å². The first kappa shape index (κ1) is 16.0. The highest BCUT2D eigenvalue weighted by Crippen LogP contribution is 2.30. The molecule has 1 aliphatic rings. The van der Waals surface area contributed by atoms with Crippen LogP contribution in [0.2, 0.25) is 0 Å². The fraction of sp³-hybridized carbons (Fsp3) is 0.562. The number of rotatable bonds is 5. The summed E-state index contributed by atoms with van der Waals surface area (Å²) in [5.41, 5.74) is 8.07. The van der Waals surface area contributed by atoms with E-state index in [-0.39, 0.29) is 5.97 Å². The molecule has 0 amide bonds. The van der Waals surface area contributed by atoms with Gasteiger partial charge in [0.2, 0.25) is 0 Å². The number of hydrogen-bond acceptors (Lipinski definition) is 5. The molecular formula is C16H24N2O2S. The predicted molar refractivity (Wildman–Crippen MR) is 90.0 cm³/mol. The van der Waals surface area contributed by atoms with Crippen molar-refractivity contribution in [1.82, 2.24) is 0 Å². The maximum absolute atomic E-state index is 11.7. The fourth-order valence-electron chi connectivity index (χ4n) is 2.70. The van der Waals surface area contributed by atoms with Crippen molar-refractivity contribution in [2.24, 2.45) is 0 Å². The van der Waals surface area contributed by atoms with E-state index in [1.807, 2.05) is 17.8 Å². The Morgan fingerprint density at radius 1 is 1.38 bits per heavy atom. The SMILES string of the molecule is CCOC(=O)c1ccc(NC2CCC(SC)CC2)c(N)c1. The molecule has 0 saturated heterocycles. The van der Waals surface area contributed by atoms with Crippen LogP contribution in [0.15, 0.2) is 18.2 Å². The van der Waals surface area contributed by atoms with Crippen molar-refractivity contribution in [3.63, 3.8) is 0 Å². The first-order chi connectivity index (χ1) is 10.1. The zero-order chi connectivity index (χ0) is 15.2. The summed E-state index contributed by atoms with van der Waals surface area (Å²) in [7, 11) is 0. The first-order valence-electron chi connectivity index (χ1n) is 7.50. The van der Waals surface area contributed by atoms with Crippen LogP contribution in [0.25, 0.3) is 0 Å². The molecule has 1 aromatic rings. The van der Waals surface area contributed by atoms with Crippen molar-refractivity contribution in [2.75, 3.05) is 23.9 Å². The van der Waals surface area contributed by atoms with Gasteiger partial charge in [-0.1, -0.05) is 0 Å². The standard InChI is InChI=1S/C16H24N2O2S/c1-3-20-16(19)11-4-9-15(14(17)10-11)18-12-5-7-13(21-2)8-6-12/h4,9-10,12-13,18H,3,5-8,17H2,1-2H3. The fourth-order valence-corrected chi connectivity index (χ4v) is 3.44. The first-order valence-corrected chi connectivity index (χ1v) is 8.78. The number of thioether (sulfide) groups is 1. The van der Waals surface area contributed by atoms with Crippen molar-refractivity contribution in [1.29, 1.82) is 0 Å². The number of carbonyl (C=O) groups is 1. The van der Waals surface area contributed by atoms with Gasteiger partial charge in [-0.25, -0.2) is 4.79 Å². The molecular weight excluding hydrogens is 284 g/mol. The van der Waals surface area contributed by atoms with Crippen LogP contribution >= 0.6 is 11.8 Å². The lowest BCUT2D eigenvalue weighted by atomic mass is 9.94. The van der Waals surface area contributed by atoms with E-state index in [9.17, 15) is 4.79 Å². The highest BCUT2D eigenvalue weighted by Gasteiger charge is 2.21. The van der Waals surface area contributed by atoms with Crippen LogP contribution < -0.4 is 11.1 Å². The molecule has 4 nitrogen and oxygen atoms in total. The number of anilines is 2. The number of ether oxygens (including phenoxy) is 1. The van der Waals surface area contributed by atoms with Crippen LogP contribution in [0.3, 0.4) is 0 Å². The third kappa shape index (κ3) is 4.30. The zero-order valence-electron chi connectivity index (χ0n) is 12.7. The smallest absolute Gasteiger partial charge is 0.338 e. The molecule has 1 aliphatic carbocycles. The van der Waals surface area contributed by atoms with Crippen LogP contribution in [0.5, 0.6) is 0 Å². The number of hydrogen-bond donors (Lipinski definition) is 2. The molecule has 5 heteroatoms. The summed E-state index contributed by atoms with van der Waals surface area (Å²) >= 11 is 1.96. The van der Waals surface area contributed by atoms with Crippen molar-refractivity contribution >= 4 is 29.1 Å². The van der Waals surface area contributed by atoms with Gasteiger partial charge >= 0.3 is 5.97 Å². The van der Waals surface area contributed by atoms with E-state index >= 15 is 0 Å². The molecule has 1 fully saturated rings.